The van der Waals surface area contributed by atoms with Crippen molar-refractivity contribution in [2.24, 2.45) is 0 Å². The molecule has 0 saturated heterocycles. The average Bonchev–Trinajstić information content (AvgIpc) is 3.25. The van der Waals surface area contributed by atoms with Gasteiger partial charge in [0, 0.05) is 23.2 Å². The van der Waals surface area contributed by atoms with Crippen molar-refractivity contribution in [1.29, 1.82) is 0 Å². The molecule has 0 atom stereocenters. The topological polar surface area (TPSA) is 95.7 Å². The van der Waals surface area contributed by atoms with Crippen molar-refractivity contribution >= 4 is 28.2 Å². The number of pyridine rings is 1. The molecule has 2 N–H and O–H groups in total. The molecule has 0 saturated carbocycles. The fourth-order valence-electron chi connectivity index (χ4n) is 2.54. The fourth-order valence-corrected chi connectivity index (χ4v) is 3.28. The molecule has 0 amide bonds. The smallest absolute Gasteiger partial charge is 0.199 e. The number of fused-ring (bicyclic) bond motifs is 1. The minimum atomic E-state index is 0.232. The van der Waals surface area contributed by atoms with E-state index >= 15 is 0 Å². The van der Waals surface area contributed by atoms with E-state index in [2.05, 4.69) is 30.9 Å². The lowest BCUT2D eigenvalue weighted by Gasteiger charge is -2.06. The minimum Gasteiger partial charge on any atom is -0.379 e. The zero-order valence-electron chi connectivity index (χ0n) is 11.7. The summed E-state index contributed by atoms with van der Waals surface area (Å²) in [6.07, 6.45) is 3.60. The maximum atomic E-state index is 5.82. The Labute approximate surface area is 129 Å². The third kappa shape index (κ3) is 1.81. The van der Waals surface area contributed by atoms with Gasteiger partial charge in [-0.15, -0.1) is 11.3 Å². The molecule has 4 aromatic rings. The second kappa shape index (κ2) is 4.92. The van der Waals surface area contributed by atoms with Crippen LogP contribution in [0.1, 0.15) is 6.92 Å². The van der Waals surface area contributed by atoms with Gasteiger partial charge in [-0.3, -0.25) is 4.98 Å². The Balaban J connectivity index is 2.06. The van der Waals surface area contributed by atoms with E-state index in [9.17, 15) is 0 Å². The molecular formula is C14H12N6OS. The molecule has 110 valence electrons. The second-order valence-corrected chi connectivity index (χ2v) is 5.66. The van der Waals surface area contributed by atoms with Gasteiger partial charge in [-0.25, -0.2) is 9.61 Å². The number of imidazole rings is 1. The lowest BCUT2D eigenvalue weighted by atomic mass is 10.2. The monoisotopic (exact) mass is 312 g/mol. The van der Waals surface area contributed by atoms with Gasteiger partial charge < -0.3 is 10.3 Å². The van der Waals surface area contributed by atoms with E-state index in [1.807, 2.05) is 24.6 Å². The molecule has 0 spiro atoms. The number of rotatable bonds is 3. The summed E-state index contributed by atoms with van der Waals surface area (Å²) < 4.78 is 6.76. The molecule has 0 aromatic carbocycles. The van der Waals surface area contributed by atoms with Gasteiger partial charge in [0.2, 0.25) is 0 Å². The number of anilines is 1. The Morgan fingerprint density at radius 1 is 1.32 bits per heavy atom. The first-order chi connectivity index (χ1) is 10.8. The van der Waals surface area contributed by atoms with E-state index in [1.165, 1.54) is 0 Å². The van der Waals surface area contributed by atoms with Crippen molar-refractivity contribution in [3.05, 3.63) is 29.9 Å². The zero-order chi connectivity index (χ0) is 15.1. The highest BCUT2D eigenvalue weighted by Gasteiger charge is 2.20. The zero-order valence-corrected chi connectivity index (χ0v) is 12.5. The van der Waals surface area contributed by atoms with Gasteiger partial charge in [0.15, 0.2) is 17.3 Å². The normalized spacial score (nSPS) is 11.3. The average molecular weight is 312 g/mol. The van der Waals surface area contributed by atoms with E-state index in [0.717, 1.165) is 28.0 Å². The molecule has 0 aliphatic rings. The van der Waals surface area contributed by atoms with Crippen LogP contribution < -0.4 is 5.73 Å². The van der Waals surface area contributed by atoms with E-state index in [4.69, 9.17) is 10.4 Å². The molecule has 8 heteroatoms. The van der Waals surface area contributed by atoms with Crippen molar-refractivity contribution in [3.8, 4) is 22.0 Å². The van der Waals surface area contributed by atoms with Crippen LogP contribution in [0.25, 0.3) is 33.0 Å². The summed E-state index contributed by atoms with van der Waals surface area (Å²) in [5, 5.41) is 9.55. The predicted molar refractivity (Wildman–Crippen MR) is 84.2 cm³/mol. The summed E-state index contributed by atoms with van der Waals surface area (Å²) in [5.74, 6) is 0.873. The van der Waals surface area contributed by atoms with Crippen molar-refractivity contribution in [3.63, 3.8) is 0 Å². The maximum absolute atomic E-state index is 5.82. The van der Waals surface area contributed by atoms with Crippen molar-refractivity contribution < 1.29 is 4.63 Å². The number of aryl methyl sites for hydroxylation is 1. The highest BCUT2D eigenvalue weighted by molar-refractivity contribution is 7.13. The molecule has 0 radical (unpaired) electrons. The van der Waals surface area contributed by atoms with E-state index in [1.54, 1.807) is 17.5 Å². The van der Waals surface area contributed by atoms with Crippen molar-refractivity contribution in [1.82, 2.24) is 24.8 Å². The molecule has 0 aliphatic carbocycles. The molecule has 0 aliphatic heterocycles. The van der Waals surface area contributed by atoms with Crippen LogP contribution in [0.5, 0.6) is 0 Å². The third-order valence-electron chi connectivity index (χ3n) is 3.48. The Morgan fingerprint density at radius 3 is 2.91 bits per heavy atom. The summed E-state index contributed by atoms with van der Waals surface area (Å²) in [7, 11) is 0. The highest BCUT2D eigenvalue weighted by Crippen LogP contribution is 2.34. The molecule has 4 heterocycles. The summed E-state index contributed by atoms with van der Waals surface area (Å²) >= 11 is 1.67. The van der Waals surface area contributed by atoms with Crippen LogP contribution in [-0.4, -0.2) is 24.8 Å². The molecule has 22 heavy (non-hydrogen) atoms. The number of aromatic nitrogens is 5. The van der Waals surface area contributed by atoms with E-state index < -0.39 is 0 Å². The predicted octanol–water partition coefficient (Wildman–Crippen LogP) is 2.81. The standard InChI is InChI=1S/C14H12N6OS/c1-2-20-12-8(10-4-3-5-22-10)6-16-7-9(12)17-14(20)11-13(15)19-21-18-11/h3-7H,2H2,1H3,(H2,15,19). The van der Waals surface area contributed by atoms with Crippen molar-refractivity contribution in [2.75, 3.05) is 5.73 Å². The van der Waals surface area contributed by atoms with E-state index in [-0.39, 0.29) is 5.82 Å². The van der Waals surface area contributed by atoms with Gasteiger partial charge >= 0.3 is 0 Å². The summed E-state index contributed by atoms with van der Waals surface area (Å²) in [4.78, 5) is 10.1. The lowest BCUT2D eigenvalue weighted by molar-refractivity contribution is 0.310. The molecular weight excluding hydrogens is 300 g/mol. The first kappa shape index (κ1) is 13.0. The Bertz CT molecular complexity index is 940. The quantitative estimate of drug-likeness (QED) is 0.625. The number of nitrogens with zero attached hydrogens (tertiary/aromatic N) is 5. The summed E-state index contributed by atoms with van der Waals surface area (Å²) in [6.45, 7) is 2.77. The van der Waals surface area contributed by atoms with Gasteiger partial charge in [0.25, 0.3) is 0 Å². The van der Waals surface area contributed by atoms with Crippen LogP contribution in [0.3, 0.4) is 0 Å². The van der Waals surface area contributed by atoms with Gasteiger partial charge in [0.05, 0.1) is 11.7 Å². The van der Waals surface area contributed by atoms with Gasteiger partial charge in [-0.05, 0) is 28.7 Å². The highest BCUT2D eigenvalue weighted by atomic mass is 32.1. The van der Waals surface area contributed by atoms with Gasteiger partial charge in [-0.1, -0.05) is 6.07 Å². The number of nitrogen functional groups attached to an aromatic ring is 1. The first-order valence-electron chi connectivity index (χ1n) is 6.76. The molecule has 0 unspecified atom stereocenters. The fraction of sp³-hybridized carbons (Fsp3) is 0.143. The van der Waals surface area contributed by atoms with Crippen LogP contribution in [0.2, 0.25) is 0 Å². The Hall–Kier alpha value is -2.74. The molecule has 4 aromatic heterocycles. The SMILES string of the molecule is CCn1c(-c2nonc2N)nc2cncc(-c3cccs3)c21. The first-order valence-corrected chi connectivity index (χ1v) is 7.64. The Morgan fingerprint density at radius 2 is 2.23 bits per heavy atom. The van der Waals surface area contributed by atoms with Crippen LogP contribution >= 0.6 is 11.3 Å². The van der Waals surface area contributed by atoms with Crippen LogP contribution in [0.15, 0.2) is 34.5 Å². The molecule has 0 fully saturated rings. The number of nitrogens with two attached hydrogens (primary N) is 1. The lowest BCUT2D eigenvalue weighted by Crippen LogP contribution is -2.00. The molecule has 0 bridgehead atoms. The number of thiophene rings is 1. The summed E-state index contributed by atoms with van der Waals surface area (Å²) in [6, 6.07) is 4.09. The summed E-state index contributed by atoms with van der Waals surface area (Å²) in [5.41, 5.74) is 9.12. The minimum absolute atomic E-state index is 0.232. The van der Waals surface area contributed by atoms with Crippen LogP contribution in [-0.2, 0) is 6.54 Å². The second-order valence-electron chi connectivity index (χ2n) is 4.71. The molecule has 7 nitrogen and oxygen atoms in total. The van der Waals surface area contributed by atoms with Crippen molar-refractivity contribution in [2.45, 2.75) is 13.5 Å². The third-order valence-corrected chi connectivity index (χ3v) is 4.38. The number of hydrogen-bond acceptors (Lipinski definition) is 7. The van der Waals surface area contributed by atoms with Gasteiger partial charge in [0.1, 0.15) is 5.52 Å². The largest absolute Gasteiger partial charge is 0.379 e. The van der Waals surface area contributed by atoms with Crippen LogP contribution in [0, 0.1) is 0 Å². The Kier molecular flexibility index (Phi) is 2.90. The van der Waals surface area contributed by atoms with Crippen LogP contribution in [0.4, 0.5) is 5.82 Å². The van der Waals surface area contributed by atoms with E-state index in [0.29, 0.717) is 11.5 Å². The maximum Gasteiger partial charge on any atom is 0.199 e. The molecule has 4 rings (SSSR count). The number of hydrogen-bond donors (Lipinski definition) is 1. The van der Waals surface area contributed by atoms with Gasteiger partial charge in [-0.2, -0.15) is 0 Å².